The highest BCUT2D eigenvalue weighted by Crippen LogP contribution is 2.30. The largest absolute Gasteiger partial charge is 0.261 e. The van der Waals surface area contributed by atoms with Crippen LogP contribution in [-0.4, -0.2) is 13.4 Å². The predicted molar refractivity (Wildman–Crippen MR) is 72.5 cm³/mol. The molecule has 0 aliphatic heterocycles. The maximum atomic E-state index is 11.4. The molecular weight excluding hydrogens is 384 g/mol. The average molecular weight is 388 g/mol. The first kappa shape index (κ1) is 12.3. The smallest absolute Gasteiger partial charge is 0.254 e. The molecule has 7 heteroatoms. The molecule has 0 bridgehead atoms. The van der Waals surface area contributed by atoms with E-state index in [0.717, 1.165) is 3.57 Å². The number of hydrogen-bond donors (Lipinski definition) is 0. The van der Waals surface area contributed by atoms with E-state index in [1.54, 1.807) is 12.3 Å². The molecule has 2 rings (SSSR count). The molecule has 3 nitrogen and oxygen atoms in total. The summed E-state index contributed by atoms with van der Waals surface area (Å²) >= 11 is 7.97. The van der Waals surface area contributed by atoms with E-state index < -0.39 is 9.05 Å². The van der Waals surface area contributed by atoms with Crippen LogP contribution in [0.4, 0.5) is 0 Å². The molecule has 0 saturated heterocycles. The van der Waals surface area contributed by atoms with Gasteiger partial charge in [-0.3, -0.25) is 4.98 Å². The van der Waals surface area contributed by atoms with Gasteiger partial charge in [0.2, 0.25) is 0 Å². The van der Waals surface area contributed by atoms with Crippen molar-refractivity contribution in [2.45, 2.75) is 4.90 Å². The number of fused-ring (bicyclic) bond motifs is 1. The zero-order valence-electron chi connectivity index (χ0n) is 7.62. The van der Waals surface area contributed by atoms with Crippen LogP contribution in [0.2, 0.25) is 5.02 Å². The van der Waals surface area contributed by atoms with E-state index in [2.05, 4.69) is 4.98 Å². The van der Waals surface area contributed by atoms with Crippen LogP contribution in [0, 0.1) is 3.57 Å². The molecule has 0 aliphatic carbocycles. The van der Waals surface area contributed by atoms with E-state index in [1.807, 2.05) is 22.6 Å². The van der Waals surface area contributed by atoms with E-state index >= 15 is 0 Å². The maximum absolute atomic E-state index is 11.4. The topological polar surface area (TPSA) is 47.0 Å². The summed E-state index contributed by atoms with van der Waals surface area (Å²) in [5.41, 5.74) is 0.434. The van der Waals surface area contributed by atoms with Crippen LogP contribution in [-0.2, 0) is 9.05 Å². The lowest BCUT2D eigenvalue weighted by atomic mass is 10.2. The second-order valence-electron chi connectivity index (χ2n) is 3.03. The maximum Gasteiger partial charge on any atom is 0.261 e. The fraction of sp³-hybridized carbons (Fsp3) is 0. The van der Waals surface area contributed by atoms with Gasteiger partial charge in [-0.05, 0) is 40.8 Å². The fourth-order valence-electron chi connectivity index (χ4n) is 1.35. The second kappa shape index (κ2) is 4.29. The molecule has 0 amide bonds. The van der Waals surface area contributed by atoms with Crippen molar-refractivity contribution in [3.63, 3.8) is 0 Å². The molecule has 84 valence electrons. The Kier molecular flexibility index (Phi) is 3.31. The molecule has 1 heterocycles. The van der Waals surface area contributed by atoms with Gasteiger partial charge in [0.05, 0.1) is 15.4 Å². The van der Waals surface area contributed by atoms with Gasteiger partial charge in [-0.1, -0.05) is 11.6 Å². The van der Waals surface area contributed by atoms with Gasteiger partial charge in [0.15, 0.2) is 0 Å². The van der Waals surface area contributed by atoms with Crippen molar-refractivity contribution in [2.24, 2.45) is 0 Å². The summed E-state index contributed by atoms with van der Waals surface area (Å²) in [7, 11) is 1.55. The van der Waals surface area contributed by atoms with Gasteiger partial charge in [0.25, 0.3) is 9.05 Å². The Morgan fingerprint density at radius 2 is 2.00 bits per heavy atom. The van der Waals surface area contributed by atoms with E-state index in [1.165, 1.54) is 12.1 Å². The van der Waals surface area contributed by atoms with Crippen LogP contribution in [0.3, 0.4) is 0 Å². The summed E-state index contributed by atoms with van der Waals surface area (Å²) in [6.07, 6.45) is 1.61. The van der Waals surface area contributed by atoms with Crippen molar-refractivity contribution in [3.05, 3.63) is 33.0 Å². The van der Waals surface area contributed by atoms with E-state index in [-0.39, 0.29) is 4.90 Å². The van der Waals surface area contributed by atoms with Gasteiger partial charge in [-0.15, -0.1) is 0 Å². The Bertz CT molecular complexity index is 673. The molecule has 0 spiro atoms. The van der Waals surface area contributed by atoms with Crippen molar-refractivity contribution in [2.75, 3.05) is 0 Å². The third kappa shape index (κ3) is 2.27. The van der Waals surface area contributed by atoms with E-state index in [4.69, 9.17) is 22.3 Å². The van der Waals surface area contributed by atoms with Crippen LogP contribution in [0.15, 0.2) is 29.3 Å². The predicted octanol–water partition coefficient (Wildman–Crippen LogP) is 3.42. The molecule has 1 aromatic heterocycles. The van der Waals surface area contributed by atoms with Gasteiger partial charge >= 0.3 is 0 Å². The summed E-state index contributed by atoms with van der Waals surface area (Å²) in [4.78, 5) is 4.12. The van der Waals surface area contributed by atoms with E-state index in [0.29, 0.717) is 15.9 Å². The van der Waals surface area contributed by atoms with Crippen molar-refractivity contribution >= 4 is 64.8 Å². The first-order valence-electron chi connectivity index (χ1n) is 4.08. The molecule has 0 unspecified atom stereocenters. The van der Waals surface area contributed by atoms with Gasteiger partial charge in [0, 0.05) is 25.8 Å². The van der Waals surface area contributed by atoms with Gasteiger partial charge in [-0.25, -0.2) is 8.42 Å². The van der Waals surface area contributed by atoms with Crippen LogP contribution < -0.4 is 0 Å². The lowest BCUT2D eigenvalue weighted by molar-refractivity contribution is 0.610. The second-order valence-corrected chi connectivity index (χ2v) is 7.22. The zero-order chi connectivity index (χ0) is 11.9. The summed E-state index contributed by atoms with van der Waals surface area (Å²) in [6.45, 7) is 0. The average Bonchev–Trinajstić information content (AvgIpc) is 2.15. The number of aromatic nitrogens is 1. The van der Waals surface area contributed by atoms with Gasteiger partial charge in [-0.2, -0.15) is 0 Å². The molecule has 0 atom stereocenters. The molecule has 2 aromatic rings. The fourth-order valence-corrected chi connectivity index (χ4v) is 3.06. The Labute approximate surface area is 115 Å². The van der Waals surface area contributed by atoms with Gasteiger partial charge < -0.3 is 0 Å². The minimum absolute atomic E-state index is 0.0274. The minimum Gasteiger partial charge on any atom is -0.254 e. The highest BCUT2D eigenvalue weighted by atomic mass is 127. The van der Waals surface area contributed by atoms with Crippen molar-refractivity contribution < 1.29 is 8.42 Å². The SMILES string of the molecule is O=S(=O)(Cl)c1ccc(Cl)c2ncc(I)cc12. The normalized spacial score (nSPS) is 11.9. The molecule has 0 aliphatic rings. The lowest BCUT2D eigenvalue weighted by Crippen LogP contribution is -1.94. The van der Waals surface area contributed by atoms with Crippen molar-refractivity contribution in [1.29, 1.82) is 0 Å². The number of pyridine rings is 1. The Morgan fingerprint density at radius 1 is 1.31 bits per heavy atom. The standard InChI is InChI=1S/C9H4Cl2INO2S/c10-7-1-2-8(16(11,14)15)6-3-5(12)4-13-9(6)7/h1-4H. The first-order valence-corrected chi connectivity index (χ1v) is 7.84. The number of nitrogens with zero attached hydrogens (tertiary/aromatic N) is 1. The molecule has 16 heavy (non-hydrogen) atoms. The third-order valence-electron chi connectivity index (χ3n) is 1.99. The van der Waals surface area contributed by atoms with Crippen molar-refractivity contribution in [1.82, 2.24) is 4.98 Å². The molecule has 1 aromatic carbocycles. The molecular formula is C9H4Cl2INO2S. The van der Waals surface area contributed by atoms with Crippen molar-refractivity contribution in [3.8, 4) is 0 Å². The summed E-state index contributed by atoms with van der Waals surface area (Å²) < 4.78 is 23.5. The lowest BCUT2D eigenvalue weighted by Gasteiger charge is -2.04. The van der Waals surface area contributed by atoms with Crippen LogP contribution in [0.5, 0.6) is 0 Å². The zero-order valence-corrected chi connectivity index (χ0v) is 12.1. The summed E-state index contributed by atoms with van der Waals surface area (Å²) in [6, 6.07) is 4.54. The molecule has 0 saturated carbocycles. The monoisotopic (exact) mass is 387 g/mol. The quantitative estimate of drug-likeness (QED) is 0.556. The van der Waals surface area contributed by atoms with Crippen LogP contribution in [0.25, 0.3) is 10.9 Å². The highest BCUT2D eigenvalue weighted by Gasteiger charge is 2.16. The first-order chi connectivity index (χ1) is 7.39. The van der Waals surface area contributed by atoms with Crippen LogP contribution >= 0.6 is 44.9 Å². The molecule has 0 fully saturated rings. The number of benzene rings is 1. The van der Waals surface area contributed by atoms with E-state index in [9.17, 15) is 8.42 Å². The minimum atomic E-state index is -3.79. The Hall–Kier alpha value is -0.110. The number of hydrogen-bond acceptors (Lipinski definition) is 3. The van der Waals surface area contributed by atoms with Crippen LogP contribution in [0.1, 0.15) is 0 Å². The number of halogens is 3. The number of rotatable bonds is 1. The summed E-state index contributed by atoms with van der Waals surface area (Å²) in [5, 5.41) is 0.838. The Balaban J connectivity index is 2.98. The Morgan fingerprint density at radius 3 is 2.62 bits per heavy atom. The highest BCUT2D eigenvalue weighted by molar-refractivity contribution is 14.1. The van der Waals surface area contributed by atoms with Gasteiger partial charge in [0.1, 0.15) is 0 Å². The third-order valence-corrected chi connectivity index (χ3v) is 4.26. The molecule has 0 N–H and O–H groups in total. The summed E-state index contributed by atoms with van der Waals surface area (Å²) in [5.74, 6) is 0. The molecule has 0 radical (unpaired) electrons.